The lowest BCUT2D eigenvalue weighted by Crippen LogP contribution is -2.02. The predicted molar refractivity (Wildman–Crippen MR) is 80.5 cm³/mol. The van der Waals surface area contributed by atoms with Gasteiger partial charge in [-0.2, -0.15) is 0 Å². The van der Waals surface area contributed by atoms with Gasteiger partial charge in [0.2, 0.25) is 0 Å². The van der Waals surface area contributed by atoms with Crippen LogP contribution in [0.5, 0.6) is 0 Å². The van der Waals surface area contributed by atoms with Crippen LogP contribution in [-0.4, -0.2) is 0 Å². The van der Waals surface area contributed by atoms with Crippen molar-refractivity contribution in [3.05, 3.63) is 61.6 Å². The Hall–Kier alpha value is -0.690. The second-order valence-electron chi connectivity index (χ2n) is 3.73. The van der Waals surface area contributed by atoms with Crippen LogP contribution >= 0.6 is 38.5 Å². The van der Waals surface area contributed by atoms with E-state index >= 15 is 0 Å². The van der Waals surface area contributed by atoms with Crippen molar-refractivity contribution >= 4 is 44.2 Å². The fraction of sp³-hybridized carbons (Fsp3) is 0.0769. The molecule has 0 heterocycles. The van der Waals surface area contributed by atoms with Gasteiger partial charge in [-0.05, 0) is 62.3 Å². The number of rotatable bonds is 3. The Morgan fingerprint density at radius 1 is 1.06 bits per heavy atom. The highest BCUT2D eigenvalue weighted by Gasteiger charge is 2.07. The van der Waals surface area contributed by atoms with E-state index in [-0.39, 0.29) is 10.2 Å². The summed E-state index contributed by atoms with van der Waals surface area (Å²) in [6.45, 7) is 0.453. The summed E-state index contributed by atoms with van der Waals surface area (Å²) in [7, 11) is 0. The number of nitrogens with one attached hydrogen (secondary N) is 1. The summed E-state index contributed by atoms with van der Waals surface area (Å²) in [4.78, 5) is 0. The van der Waals surface area contributed by atoms with E-state index < -0.39 is 11.6 Å². The van der Waals surface area contributed by atoms with Gasteiger partial charge in [-0.25, -0.2) is 8.78 Å². The smallest absolute Gasteiger partial charge is 0.147 e. The zero-order valence-electron chi connectivity index (χ0n) is 9.18. The maximum absolute atomic E-state index is 13.5. The zero-order chi connectivity index (χ0) is 13.1. The van der Waals surface area contributed by atoms with Gasteiger partial charge >= 0.3 is 0 Å². The molecule has 0 unspecified atom stereocenters. The van der Waals surface area contributed by atoms with Crippen molar-refractivity contribution in [1.29, 1.82) is 0 Å². The Morgan fingerprint density at radius 2 is 1.72 bits per heavy atom. The average Bonchev–Trinajstić information content (AvgIpc) is 2.34. The molecule has 0 saturated carbocycles. The van der Waals surface area contributed by atoms with Gasteiger partial charge in [0.05, 0.1) is 10.2 Å². The number of hydrogen-bond donors (Lipinski definition) is 1. The molecular formula is C13H9BrF2IN. The van der Waals surface area contributed by atoms with Gasteiger partial charge in [-0.15, -0.1) is 0 Å². The second kappa shape index (κ2) is 5.97. The number of anilines is 1. The van der Waals surface area contributed by atoms with Gasteiger partial charge in [-0.3, -0.25) is 0 Å². The normalized spacial score (nSPS) is 10.4. The molecule has 0 aromatic heterocycles. The van der Waals surface area contributed by atoms with Crippen LogP contribution in [-0.2, 0) is 6.54 Å². The molecule has 0 aliphatic rings. The van der Waals surface area contributed by atoms with E-state index in [0.29, 0.717) is 6.54 Å². The molecule has 2 rings (SSSR count). The molecule has 0 atom stereocenters. The van der Waals surface area contributed by atoms with Crippen LogP contribution < -0.4 is 5.32 Å². The van der Waals surface area contributed by atoms with Crippen molar-refractivity contribution in [3.8, 4) is 0 Å². The summed E-state index contributed by atoms with van der Waals surface area (Å²) in [5.41, 5.74) is 1.17. The summed E-state index contributed by atoms with van der Waals surface area (Å²) in [6, 6.07) is 10.1. The molecular weight excluding hydrogens is 415 g/mol. The third kappa shape index (κ3) is 3.41. The standard InChI is InChI=1S/C13H9BrF2IN/c14-10-5-12(16)13(6-11(10)15)18-7-8-1-3-9(17)4-2-8/h1-6,18H,7H2. The van der Waals surface area contributed by atoms with Gasteiger partial charge in [0.1, 0.15) is 11.6 Å². The van der Waals surface area contributed by atoms with E-state index in [2.05, 4.69) is 43.8 Å². The minimum absolute atomic E-state index is 0.125. The fourth-order valence-electron chi connectivity index (χ4n) is 1.46. The summed E-state index contributed by atoms with van der Waals surface area (Å²) in [5, 5.41) is 2.88. The van der Waals surface area contributed by atoms with Gasteiger partial charge in [0.15, 0.2) is 0 Å². The van der Waals surface area contributed by atoms with Crippen LogP contribution in [0.4, 0.5) is 14.5 Å². The molecule has 0 bridgehead atoms. The minimum atomic E-state index is -0.485. The van der Waals surface area contributed by atoms with Crippen molar-refractivity contribution in [2.24, 2.45) is 0 Å². The lowest BCUT2D eigenvalue weighted by atomic mass is 10.2. The fourth-order valence-corrected chi connectivity index (χ4v) is 2.13. The van der Waals surface area contributed by atoms with Gasteiger partial charge in [-0.1, -0.05) is 12.1 Å². The second-order valence-corrected chi connectivity index (χ2v) is 5.83. The van der Waals surface area contributed by atoms with Crippen LogP contribution in [0.15, 0.2) is 40.9 Å². The SMILES string of the molecule is Fc1cc(NCc2ccc(I)cc2)c(F)cc1Br. The molecule has 2 aromatic rings. The summed E-state index contributed by atoms with van der Waals surface area (Å²) in [5.74, 6) is -0.963. The third-order valence-electron chi connectivity index (χ3n) is 2.41. The molecule has 0 amide bonds. The molecule has 94 valence electrons. The van der Waals surface area contributed by atoms with Crippen LogP contribution in [0.3, 0.4) is 0 Å². The summed E-state index contributed by atoms with van der Waals surface area (Å²) >= 11 is 5.16. The topological polar surface area (TPSA) is 12.0 Å². The van der Waals surface area contributed by atoms with E-state index in [9.17, 15) is 8.78 Å². The molecule has 18 heavy (non-hydrogen) atoms. The lowest BCUT2D eigenvalue weighted by Gasteiger charge is -2.08. The Labute approximate surface area is 126 Å². The van der Waals surface area contributed by atoms with Crippen LogP contribution in [0, 0.1) is 15.2 Å². The molecule has 0 spiro atoms. The Kier molecular flexibility index (Phi) is 4.55. The molecule has 0 saturated heterocycles. The molecule has 2 aromatic carbocycles. The molecule has 0 aliphatic heterocycles. The first-order chi connectivity index (χ1) is 8.56. The van der Waals surface area contributed by atoms with Crippen molar-refractivity contribution in [1.82, 2.24) is 0 Å². The number of halogens is 4. The van der Waals surface area contributed by atoms with Crippen molar-refractivity contribution in [2.45, 2.75) is 6.54 Å². The van der Waals surface area contributed by atoms with Crippen LogP contribution in [0.2, 0.25) is 0 Å². The maximum atomic E-state index is 13.5. The highest BCUT2D eigenvalue weighted by Crippen LogP contribution is 2.23. The highest BCUT2D eigenvalue weighted by molar-refractivity contribution is 14.1. The highest BCUT2D eigenvalue weighted by atomic mass is 127. The molecule has 0 radical (unpaired) electrons. The Bertz CT molecular complexity index is 558. The van der Waals surface area contributed by atoms with E-state index in [4.69, 9.17) is 0 Å². The predicted octanol–water partition coefficient (Wildman–Crippen LogP) is 4.94. The molecule has 0 fully saturated rings. The van der Waals surface area contributed by atoms with E-state index in [1.807, 2.05) is 24.3 Å². The lowest BCUT2D eigenvalue weighted by molar-refractivity contribution is 0.596. The summed E-state index contributed by atoms with van der Waals surface area (Å²) < 4.78 is 28.1. The third-order valence-corrected chi connectivity index (χ3v) is 3.73. The Morgan fingerprint density at radius 3 is 2.39 bits per heavy atom. The molecule has 1 nitrogen and oxygen atoms in total. The maximum Gasteiger partial charge on any atom is 0.147 e. The Balaban J connectivity index is 2.10. The van der Waals surface area contributed by atoms with Crippen molar-refractivity contribution in [2.75, 3.05) is 5.32 Å². The largest absolute Gasteiger partial charge is 0.379 e. The average molecular weight is 424 g/mol. The van der Waals surface area contributed by atoms with E-state index in [1.54, 1.807) is 0 Å². The first kappa shape index (κ1) is 13.7. The summed E-state index contributed by atoms with van der Waals surface area (Å²) in [6.07, 6.45) is 0. The first-order valence-electron chi connectivity index (χ1n) is 5.19. The van der Waals surface area contributed by atoms with E-state index in [1.165, 1.54) is 0 Å². The quantitative estimate of drug-likeness (QED) is 0.544. The monoisotopic (exact) mass is 423 g/mol. The molecule has 5 heteroatoms. The molecule has 0 aliphatic carbocycles. The van der Waals surface area contributed by atoms with Crippen LogP contribution in [0.1, 0.15) is 5.56 Å². The van der Waals surface area contributed by atoms with Gasteiger partial charge in [0.25, 0.3) is 0 Å². The minimum Gasteiger partial charge on any atom is -0.379 e. The zero-order valence-corrected chi connectivity index (χ0v) is 12.9. The van der Waals surface area contributed by atoms with Gasteiger partial charge in [0, 0.05) is 16.2 Å². The number of hydrogen-bond acceptors (Lipinski definition) is 1. The van der Waals surface area contributed by atoms with E-state index in [0.717, 1.165) is 21.3 Å². The number of benzene rings is 2. The van der Waals surface area contributed by atoms with Crippen molar-refractivity contribution in [3.63, 3.8) is 0 Å². The van der Waals surface area contributed by atoms with Gasteiger partial charge < -0.3 is 5.32 Å². The molecule has 1 N–H and O–H groups in total. The van der Waals surface area contributed by atoms with Crippen LogP contribution in [0.25, 0.3) is 0 Å². The first-order valence-corrected chi connectivity index (χ1v) is 7.06. The van der Waals surface area contributed by atoms with Crippen molar-refractivity contribution < 1.29 is 8.78 Å².